The molecule has 29 atom stereocenters. The highest BCUT2D eigenvalue weighted by Crippen LogP contribution is 3.45. The van der Waals surface area contributed by atoms with Crippen molar-refractivity contribution in [1.29, 1.82) is 0 Å². The van der Waals surface area contributed by atoms with E-state index in [-0.39, 0.29) is 173 Å². The molecule has 0 bridgehead atoms. The summed E-state index contributed by atoms with van der Waals surface area (Å²) in [6.45, 7) is 5.35. The summed E-state index contributed by atoms with van der Waals surface area (Å²) in [6.07, 6.45) is 1.44. The third-order valence-electron chi connectivity index (χ3n) is 9.49. The predicted molar refractivity (Wildman–Crippen MR) is 541 cm³/mol. The van der Waals surface area contributed by atoms with Gasteiger partial charge in [-0.05, 0) is 209 Å². The van der Waals surface area contributed by atoms with Crippen molar-refractivity contribution in [2.45, 2.75) is 47.1 Å². The smallest absolute Gasteiger partial charge is 0.185 e. The molecule has 0 aliphatic rings. The Morgan fingerprint density at radius 2 is 0.768 bits per heavy atom. The minimum Gasteiger partial charge on any atom is -0.503 e. The fourth-order valence-corrected chi connectivity index (χ4v) is 664. The monoisotopic (exact) mass is 1980 g/mol. The van der Waals surface area contributed by atoms with Gasteiger partial charge in [0.2, 0.25) is 0 Å². The number of benzene rings is 3. The van der Waals surface area contributed by atoms with E-state index in [1.54, 1.807) is 0 Å². The van der Waals surface area contributed by atoms with Gasteiger partial charge in [0.15, 0.2) is 11.6 Å². The van der Waals surface area contributed by atoms with Crippen molar-refractivity contribution in [3.05, 3.63) is 95.8 Å². The minimum atomic E-state index is -0.168. The summed E-state index contributed by atoms with van der Waals surface area (Å²) in [5.41, 5.74) is 17.9. The number of nitrogens with one attached hydrogen (secondary N) is 1. The molecule has 28 unspecified atom stereocenters. The first-order valence-corrected chi connectivity index (χ1v) is 107. The molecule has 0 saturated heterocycles. The Morgan fingerprint density at radius 3 is 1.07 bits per heavy atom. The maximum Gasteiger partial charge on any atom is 0.185 e. The SMILES string of the molecule is C.CC(C)c1ccc(N)cc1.Cc1ccc(-c2ncnc(Nc3ccc([C@@H](C)N)cc3)c2O)cc1.PPP(P)P(P(P)P)P(P(P(P)P)P(P)P)P(P(P(P(P)P)P(P)P)P(P(P)P)P(P)P)P(P(P(P)P)P(P)P)P(P(P)P)P(P)P. The van der Waals surface area contributed by atoms with Gasteiger partial charge in [-0.15, -0.1) is 214 Å². The van der Waals surface area contributed by atoms with Gasteiger partial charge in [-0.2, -0.15) is 0 Å². The number of hydrogen-bond acceptors (Lipinski definition) is 6. The quantitative estimate of drug-likeness (QED) is 0.0350. The van der Waals surface area contributed by atoms with Gasteiger partial charge in [-0.3, -0.25) is 0 Å². The van der Waals surface area contributed by atoms with Gasteiger partial charge in [0.1, 0.15) is 12.0 Å². The lowest BCUT2D eigenvalue weighted by Gasteiger charge is -2.58. The van der Waals surface area contributed by atoms with E-state index < -0.39 is 0 Å². The number of rotatable bonds is 27. The van der Waals surface area contributed by atoms with E-state index >= 15 is 0 Å². The lowest BCUT2D eigenvalue weighted by Crippen LogP contribution is -2.04. The second-order valence-electron chi connectivity index (χ2n) is 16.0. The van der Waals surface area contributed by atoms with Gasteiger partial charge in [-0.1, -0.05) is 83.3 Å². The maximum atomic E-state index is 10.5. The maximum absolute atomic E-state index is 10.5. The van der Waals surface area contributed by atoms with E-state index in [4.69, 9.17) is 11.5 Å². The van der Waals surface area contributed by atoms with Gasteiger partial charge in [0.05, 0.1) is 0 Å². The molecule has 0 aliphatic heterocycles. The molecule has 4 aromatic rings. The molecule has 1 aromatic heterocycles. The van der Waals surface area contributed by atoms with Crippen LogP contribution >= 0.6 is 376 Å². The molecular weight excluding hydrogens is 1890 g/mol. The number of nitrogens with zero attached hydrogens (tertiary/aromatic N) is 2. The third kappa shape index (κ3) is 33.2. The van der Waals surface area contributed by atoms with E-state index in [2.05, 4.69) is 256 Å². The first kappa shape index (κ1) is 96.3. The number of nitrogen functional groups attached to an aromatic ring is 1. The Kier molecular flexibility index (Phi) is 60.6. The Hall–Kier alpha value is 16.3. The number of anilines is 3. The molecule has 0 saturated carbocycles. The van der Waals surface area contributed by atoms with Gasteiger partial charge < -0.3 is 21.9 Å². The van der Waals surface area contributed by atoms with Crippen molar-refractivity contribution in [1.82, 2.24) is 9.97 Å². The van der Waals surface area contributed by atoms with Crippen LogP contribution in [0.3, 0.4) is 0 Å². The van der Waals surface area contributed by atoms with Crippen molar-refractivity contribution in [2.75, 3.05) is 11.1 Å². The zero-order valence-corrected chi connectivity index (χ0v) is 92.7. The molecule has 0 aliphatic carbocycles. The van der Waals surface area contributed by atoms with Crippen LogP contribution in [0.25, 0.3) is 11.3 Å². The average Bonchev–Trinajstić information content (AvgIpc) is 3.34. The average molecular weight is 1980 g/mol. The number of hydrogen-bond donors (Lipinski definition) is 4. The number of nitrogens with two attached hydrogens (primary N) is 2. The highest BCUT2D eigenvalue weighted by Gasteiger charge is 2.58. The summed E-state index contributed by atoms with van der Waals surface area (Å²) < 4.78 is 0. The summed E-state index contributed by atoms with van der Waals surface area (Å²) >= 11 is 0. The summed E-state index contributed by atoms with van der Waals surface area (Å²) in [5.74, 6) is 0.993. The normalized spacial score (nSPS) is 14.2. The summed E-state index contributed by atoms with van der Waals surface area (Å²) in [7, 11) is 84.0. The number of aromatic nitrogens is 2. The van der Waals surface area contributed by atoms with E-state index in [0.717, 1.165) is 36.0 Å². The molecule has 1 heterocycles. The summed E-state index contributed by atoms with van der Waals surface area (Å²) in [6, 6.07) is 23.5. The van der Waals surface area contributed by atoms with Crippen molar-refractivity contribution >= 4 is 393 Å². The molecule has 6 nitrogen and oxygen atoms in total. The molecular formula is C29H86N5OP47. The minimum absolute atomic E-state index is 0. The first-order chi connectivity index (χ1) is 37.6. The Morgan fingerprint density at radius 1 is 0.451 bits per heavy atom. The van der Waals surface area contributed by atoms with Crippen molar-refractivity contribution in [3.8, 4) is 17.0 Å². The Bertz CT molecular complexity index is 2250. The Balaban J connectivity index is 0.000000780. The van der Waals surface area contributed by atoms with Gasteiger partial charge in [0.25, 0.3) is 0 Å². The lowest BCUT2D eigenvalue weighted by atomic mass is 10.0. The zero-order valence-electron chi connectivity index (χ0n) is 44.4. The summed E-state index contributed by atoms with van der Waals surface area (Å²) in [5, 5.41) is 13.6. The van der Waals surface area contributed by atoms with Crippen LogP contribution < -0.4 is 16.8 Å². The van der Waals surface area contributed by atoms with Crippen LogP contribution in [0.2, 0.25) is 0 Å². The van der Waals surface area contributed by atoms with E-state index in [0.29, 0.717) is 17.4 Å². The largest absolute Gasteiger partial charge is 0.503 e. The highest BCUT2D eigenvalue weighted by molar-refractivity contribution is 9.51. The Labute approximate surface area is 578 Å². The second kappa shape index (κ2) is 51.6. The molecule has 53 heteroatoms. The highest BCUT2D eigenvalue weighted by atomic mass is 33.6. The van der Waals surface area contributed by atoms with Crippen molar-refractivity contribution in [3.63, 3.8) is 0 Å². The molecule has 0 spiro atoms. The summed E-state index contributed by atoms with van der Waals surface area (Å²) in [4.78, 5) is 8.34. The molecule has 4 rings (SSSR count). The number of aryl methyl sites for hydroxylation is 1. The van der Waals surface area contributed by atoms with E-state index in [9.17, 15) is 5.11 Å². The van der Waals surface area contributed by atoms with Gasteiger partial charge in [0, 0.05) is 23.0 Å². The van der Waals surface area contributed by atoms with Gasteiger partial charge >= 0.3 is 0 Å². The third-order valence-corrected chi connectivity index (χ3v) is 332. The fourth-order valence-electron chi connectivity index (χ4n) is 6.00. The first-order valence-electron chi connectivity index (χ1n) is 22.0. The fraction of sp³-hybridized carbons (Fsp3) is 0.241. The predicted octanol–water partition coefficient (Wildman–Crippen LogP) is 34.3. The lowest BCUT2D eigenvalue weighted by molar-refractivity contribution is 0.475. The number of aromatic hydroxyl groups is 1. The molecule has 468 valence electrons. The topological polar surface area (TPSA) is 110 Å². The second-order valence-corrected chi connectivity index (χ2v) is 207. The molecule has 3 aromatic carbocycles. The molecule has 0 amide bonds. The molecule has 6 N–H and O–H groups in total. The molecule has 82 heavy (non-hydrogen) atoms. The van der Waals surface area contributed by atoms with Gasteiger partial charge in [-0.25, -0.2) is 9.97 Å². The van der Waals surface area contributed by atoms with Crippen LogP contribution in [0.15, 0.2) is 79.1 Å². The van der Waals surface area contributed by atoms with E-state index in [1.165, 1.54) is 11.9 Å². The zero-order chi connectivity index (χ0) is 62.1. The van der Waals surface area contributed by atoms with Crippen LogP contribution in [0.4, 0.5) is 17.2 Å². The van der Waals surface area contributed by atoms with E-state index in [1.807, 2.05) is 74.5 Å². The van der Waals surface area contributed by atoms with Crippen LogP contribution in [0, 0.1) is 6.92 Å². The molecule has 0 radical (unpaired) electrons. The van der Waals surface area contributed by atoms with Crippen LogP contribution in [0.1, 0.15) is 56.8 Å². The standard InChI is InChI=1S/C19H20N4O.C9H13N.CH4.H49P47/c1-12-3-5-15(6-4-12)17-18(24)19(22-11-21-17)23-16-9-7-14(8-10-16)13(2)20;1-7(2)8-3-5-9(10)6-4-8;;1-25-37(24)43(36(22)23)46(42(34(18)19)35(20)21)47(44(38(26(2)3)27(4)5)39(28(6)7)29(8)9)45(40(30(10)11)31(12)13)41(32(14)15)33(16)17/h3-11,13,24H,20H2,1-2H3,(H,21,22,23);3-7H,10H2,1-2H3;1H4;25H,1-24H2/t13-;;;/m1.../s1. The van der Waals surface area contributed by atoms with Crippen molar-refractivity contribution in [2.24, 2.45) is 5.73 Å². The van der Waals surface area contributed by atoms with Crippen LogP contribution in [-0.4, -0.2) is 15.1 Å². The molecule has 0 fully saturated rings. The van der Waals surface area contributed by atoms with Crippen molar-refractivity contribution < 1.29 is 5.11 Å². The van der Waals surface area contributed by atoms with Crippen LogP contribution in [-0.2, 0) is 0 Å². The van der Waals surface area contributed by atoms with Crippen LogP contribution in [0.5, 0.6) is 5.75 Å².